The molecule has 5 rings (SSSR count). The molecule has 0 amide bonds. The minimum Gasteiger partial charge on any atom is -0.490 e. The second-order valence-corrected chi connectivity index (χ2v) is 14.1. The number of Topliss-reactive ketones (excluding diaryl/α,β-unsaturated/α-hetero) is 2. The van der Waals surface area contributed by atoms with Gasteiger partial charge in [-0.1, -0.05) is 58.0 Å². The molecule has 1 aliphatic heterocycles. The van der Waals surface area contributed by atoms with E-state index in [-0.39, 0.29) is 22.4 Å². The summed E-state index contributed by atoms with van der Waals surface area (Å²) < 4.78 is 18.6. The quantitative estimate of drug-likeness (QED) is 0.281. The van der Waals surface area contributed by atoms with Gasteiger partial charge in [0, 0.05) is 55.0 Å². The Morgan fingerprint density at radius 2 is 1.48 bits per heavy atom. The minimum atomic E-state index is -0.459. The molecular formula is C35H42BrNO5. The molecule has 0 radical (unpaired) electrons. The van der Waals surface area contributed by atoms with Crippen LogP contribution in [0.3, 0.4) is 0 Å². The summed E-state index contributed by atoms with van der Waals surface area (Å²) in [7, 11) is 1.69. The molecule has 0 N–H and O–H groups in total. The third-order valence-electron chi connectivity index (χ3n) is 8.43. The van der Waals surface area contributed by atoms with Crippen LogP contribution in [0.2, 0.25) is 0 Å². The van der Waals surface area contributed by atoms with Crippen molar-refractivity contribution in [3.63, 3.8) is 0 Å². The Balaban J connectivity index is 1.68. The summed E-state index contributed by atoms with van der Waals surface area (Å²) in [5.41, 5.74) is 5.10. The van der Waals surface area contributed by atoms with Crippen LogP contribution in [0.5, 0.6) is 11.5 Å². The van der Waals surface area contributed by atoms with E-state index in [0.29, 0.717) is 50.7 Å². The summed E-state index contributed by atoms with van der Waals surface area (Å²) in [4.78, 5) is 30.4. The fraction of sp³-hybridized carbons (Fsp3) is 0.486. The summed E-state index contributed by atoms with van der Waals surface area (Å²) in [5.74, 6) is 0.959. The second kappa shape index (κ2) is 12.0. The lowest BCUT2D eigenvalue weighted by Gasteiger charge is -2.49. The zero-order valence-corrected chi connectivity index (χ0v) is 27.2. The smallest absolute Gasteiger partial charge is 0.175 e. The lowest BCUT2D eigenvalue weighted by Crippen LogP contribution is -2.45. The number of allylic oxidation sites excluding steroid dienone is 4. The zero-order chi connectivity index (χ0) is 30.2. The first-order valence-corrected chi connectivity index (χ1v) is 15.7. The van der Waals surface area contributed by atoms with Crippen molar-refractivity contribution >= 4 is 27.5 Å². The van der Waals surface area contributed by atoms with Crippen molar-refractivity contribution in [3.05, 3.63) is 80.6 Å². The molecule has 0 unspecified atom stereocenters. The van der Waals surface area contributed by atoms with Gasteiger partial charge in [0.1, 0.15) is 6.61 Å². The Hall–Kier alpha value is -2.90. The Morgan fingerprint density at radius 3 is 2.02 bits per heavy atom. The Bertz CT molecular complexity index is 1380. The van der Waals surface area contributed by atoms with E-state index in [9.17, 15) is 9.59 Å². The van der Waals surface area contributed by atoms with E-state index in [0.717, 1.165) is 51.0 Å². The van der Waals surface area contributed by atoms with Crippen LogP contribution < -0.4 is 9.47 Å². The van der Waals surface area contributed by atoms with Gasteiger partial charge in [0.2, 0.25) is 0 Å². The monoisotopic (exact) mass is 635 g/mol. The molecule has 0 aromatic heterocycles. The molecule has 6 nitrogen and oxygen atoms in total. The maximum absolute atomic E-state index is 14.1. The van der Waals surface area contributed by atoms with E-state index in [1.165, 1.54) is 0 Å². The van der Waals surface area contributed by atoms with Gasteiger partial charge in [0.05, 0.1) is 17.7 Å². The van der Waals surface area contributed by atoms with Crippen molar-refractivity contribution in [1.82, 2.24) is 4.90 Å². The lowest BCUT2D eigenvalue weighted by molar-refractivity contribution is -0.119. The van der Waals surface area contributed by atoms with E-state index in [1.54, 1.807) is 7.11 Å². The first-order valence-electron chi connectivity index (χ1n) is 14.9. The van der Waals surface area contributed by atoms with E-state index in [1.807, 2.05) is 49.4 Å². The summed E-state index contributed by atoms with van der Waals surface area (Å²) in [6, 6.07) is 14.0. The van der Waals surface area contributed by atoms with Gasteiger partial charge >= 0.3 is 0 Å². The predicted molar refractivity (Wildman–Crippen MR) is 168 cm³/mol. The number of hydrogen-bond acceptors (Lipinski definition) is 6. The average molecular weight is 637 g/mol. The molecule has 0 atom stereocenters. The van der Waals surface area contributed by atoms with Gasteiger partial charge in [0.25, 0.3) is 0 Å². The van der Waals surface area contributed by atoms with Crippen LogP contribution in [0.4, 0.5) is 0 Å². The number of benzene rings is 2. The average Bonchev–Trinajstić information content (AvgIpc) is 2.90. The molecule has 0 saturated heterocycles. The topological polar surface area (TPSA) is 65.1 Å². The van der Waals surface area contributed by atoms with Crippen LogP contribution in [0.1, 0.15) is 77.3 Å². The number of nitrogens with zero attached hydrogens (tertiary/aromatic N) is 1. The van der Waals surface area contributed by atoms with Crippen LogP contribution in [-0.2, 0) is 20.9 Å². The van der Waals surface area contributed by atoms with Crippen molar-refractivity contribution in [1.29, 1.82) is 0 Å². The van der Waals surface area contributed by atoms with Crippen LogP contribution in [-0.4, -0.2) is 43.3 Å². The number of methoxy groups -OCH3 is 1. The first-order chi connectivity index (χ1) is 19.9. The standard InChI is InChI=1S/C35H42BrNO5/c1-7-41-29-16-23(15-24(36)33(29)42-21-22-11-9-8-10-12-22)30-31-25(17-34(2,3)19-27(31)38)37(13-14-40-6)26-18-35(4,5)20-28(39)32(26)30/h8-12,15-16,30H,7,13-14,17-21H2,1-6H3. The first kappa shape index (κ1) is 30.6. The largest absolute Gasteiger partial charge is 0.490 e. The maximum Gasteiger partial charge on any atom is 0.175 e. The SMILES string of the molecule is CCOc1cc(C2C3=C(CC(C)(C)CC3=O)N(CCOC)C3=C2C(=O)CC(C)(C)C3)cc(Br)c1OCc1ccccc1. The number of rotatable bonds is 9. The third kappa shape index (κ3) is 6.09. The summed E-state index contributed by atoms with van der Waals surface area (Å²) >= 11 is 3.76. The summed E-state index contributed by atoms with van der Waals surface area (Å²) in [6.07, 6.45) is 2.41. The molecule has 42 heavy (non-hydrogen) atoms. The van der Waals surface area contributed by atoms with Crippen LogP contribution in [0.15, 0.2) is 69.5 Å². The highest BCUT2D eigenvalue weighted by atomic mass is 79.9. The molecule has 1 heterocycles. The van der Waals surface area contributed by atoms with Gasteiger partial charge in [-0.2, -0.15) is 0 Å². The predicted octanol–water partition coefficient (Wildman–Crippen LogP) is 7.76. The van der Waals surface area contributed by atoms with Crippen molar-refractivity contribution in [3.8, 4) is 11.5 Å². The normalized spacial score (nSPS) is 20.0. The molecule has 0 spiro atoms. The molecule has 224 valence electrons. The Morgan fingerprint density at radius 1 is 0.881 bits per heavy atom. The Labute approximate surface area is 258 Å². The summed E-state index contributed by atoms with van der Waals surface area (Å²) in [5, 5.41) is 0. The zero-order valence-electron chi connectivity index (χ0n) is 25.6. The van der Waals surface area contributed by atoms with E-state index >= 15 is 0 Å². The number of ketones is 2. The van der Waals surface area contributed by atoms with Crippen molar-refractivity contribution < 1.29 is 23.8 Å². The molecule has 3 aliphatic rings. The van der Waals surface area contributed by atoms with E-state index in [4.69, 9.17) is 14.2 Å². The summed E-state index contributed by atoms with van der Waals surface area (Å²) in [6.45, 7) is 12.5. The van der Waals surface area contributed by atoms with Crippen molar-refractivity contribution in [2.45, 2.75) is 72.8 Å². The Kier molecular flexibility index (Phi) is 8.73. The number of ether oxygens (including phenoxy) is 3. The lowest BCUT2D eigenvalue weighted by atomic mass is 9.63. The molecule has 7 heteroatoms. The fourth-order valence-electron chi connectivity index (χ4n) is 6.72. The third-order valence-corrected chi connectivity index (χ3v) is 9.02. The van der Waals surface area contributed by atoms with Gasteiger partial charge in [0.15, 0.2) is 23.1 Å². The molecule has 0 fully saturated rings. The van der Waals surface area contributed by atoms with Crippen LogP contribution in [0, 0.1) is 10.8 Å². The number of carbonyl (C=O) groups is 2. The van der Waals surface area contributed by atoms with E-state index < -0.39 is 5.92 Å². The number of hydrogen-bond donors (Lipinski definition) is 0. The van der Waals surface area contributed by atoms with Crippen LogP contribution >= 0.6 is 15.9 Å². The van der Waals surface area contributed by atoms with Gasteiger partial charge in [-0.3, -0.25) is 9.59 Å². The molecule has 2 aliphatic carbocycles. The molecule has 0 bridgehead atoms. The number of carbonyl (C=O) groups excluding carboxylic acids is 2. The van der Waals surface area contributed by atoms with Crippen molar-refractivity contribution in [2.24, 2.45) is 10.8 Å². The van der Waals surface area contributed by atoms with Crippen molar-refractivity contribution in [2.75, 3.05) is 26.9 Å². The van der Waals surface area contributed by atoms with Crippen LogP contribution in [0.25, 0.3) is 0 Å². The molecule has 0 saturated carbocycles. The molecular weight excluding hydrogens is 594 g/mol. The maximum atomic E-state index is 14.1. The highest BCUT2D eigenvalue weighted by Gasteiger charge is 2.49. The van der Waals surface area contributed by atoms with E-state index in [2.05, 4.69) is 48.5 Å². The highest BCUT2D eigenvalue weighted by molar-refractivity contribution is 9.10. The highest BCUT2D eigenvalue weighted by Crippen LogP contribution is 2.55. The number of halogens is 1. The van der Waals surface area contributed by atoms with Gasteiger partial charge < -0.3 is 19.1 Å². The molecule has 2 aromatic rings. The fourth-order valence-corrected chi connectivity index (χ4v) is 7.30. The second-order valence-electron chi connectivity index (χ2n) is 13.2. The van der Waals surface area contributed by atoms with Gasteiger partial charge in [-0.05, 0) is 69.8 Å². The molecule has 2 aromatic carbocycles. The minimum absolute atomic E-state index is 0.108. The van der Waals surface area contributed by atoms with Gasteiger partial charge in [-0.25, -0.2) is 0 Å². The van der Waals surface area contributed by atoms with Gasteiger partial charge in [-0.15, -0.1) is 0 Å².